The van der Waals surface area contributed by atoms with Crippen LogP contribution in [0.1, 0.15) is 20.7 Å². The van der Waals surface area contributed by atoms with E-state index in [1.165, 1.54) is 30.5 Å². The molecule has 0 unspecified atom stereocenters. The second-order valence-corrected chi connectivity index (χ2v) is 4.44. The van der Waals surface area contributed by atoms with Gasteiger partial charge in [0.1, 0.15) is 0 Å². The maximum absolute atomic E-state index is 11.8. The molecule has 0 aliphatic carbocycles. The summed E-state index contributed by atoms with van der Waals surface area (Å²) in [5.41, 5.74) is 0.388. The van der Waals surface area contributed by atoms with Crippen LogP contribution in [0.5, 0.6) is 0 Å². The second-order valence-electron chi connectivity index (χ2n) is 3.43. The first-order valence-corrected chi connectivity index (χ1v) is 5.85. The van der Waals surface area contributed by atoms with Gasteiger partial charge in [-0.1, -0.05) is 11.3 Å². The number of nitroso groups, excluding NO2 is 1. The summed E-state index contributed by atoms with van der Waals surface area (Å²) in [6.07, 6.45) is 1.25. The molecule has 2 aromatic rings. The molecule has 96 valence electrons. The SMILES string of the molecule is O=Nc1cnc(NC(=O)c2ccc(C(=O)O)cc2)s1. The number of benzene rings is 1. The van der Waals surface area contributed by atoms with Gasteiger partial charge < -0.3 is 5.11 Å². The lowest BCUT2D eigenvalue weighted by molar-refractivity contribution is 0.0696. The number of hydrogen-bond acceptors (Lipinski definition) is 6. The van der Waals surface area contributed by atoms with Crippen LogP contribution < -0.4 is 5.32 Å². The topological polar surface area (TPSA) is 109 Å². The molecule has 0 radical (unpaired) electrons. The highest BCUT2D eigenvalue weighted by Crippen LogP contribution is 2.25. The van der Waals surface area contributed by atoms with Gasteiger partial charge in [0.15, 0.2) is 10.1 Å². The van der Waals surface area contributed by atoms with Gasteiger partial charge in [-0.15, -0.1) is 4.91 Å². The maximum Gasteiger partial charge on any atom is 0.335 e. The second kappa shape index (κ2) is 5.36. The molecule has 0 saturated carbocycles. The lowest BCUT2D eigenvalue weighted by Gasteiger charge is -2.01. The number of nitrogens with zero attached hydrogens (tertiary/aromatic N) is 2. The van der Waals surface area contributed by atoms with Gasteiger partial charge >= 0.3 is 5.97 Å². The van der Waals surface area contributed by atoms with Crippen molar-refractivity contribution in [2.45, 2.75) is 0 Å². The largest absolute Gasteiger partial charge is 0.478 e. The van der Waals surface area contributed by atoms with E-state index in [1.54, 1.807) is 0 Å². The molecule has 0 atom stereocenters. The van der Waals surface area contributed by atoms with E-state index in [-0.39, 0.29) is 15.7 Å². The molecule has 2 rings (SSSR count). The maximum atomic E-state index is 11.8. The molecule has 0 aliphatic rings. The summed E-state index contributed by atoms with van der Waals surface area (Å²) in [6.45, 7) is 0. The summed E-state index contributed by atoms with van der Waals surface area (Å²) in [5, 5.41) is 14.3. The molecular weight excluding hydrogens is 270 g/mol. The fourth-order valence-electron chi connectivity index (χ4n) is 1.30. The van der Waals surface area contributed by atoms with Gasteiger partial charge in [0, 0.05) is 5.56 Å². The molecule has 2 N–H and O–H groups in total. The van der Waals surface area contributed by atoms with Crippen molar-refractivity contribution in [3.8, 4) is 0 Å². The van der Waals surface area contributed by atoms with Gasteiger partial charge in [-0.25, -0.2) is 9.78 Å². The normalized spacial score (nSPS) is 9.89. The van der Waals surface area contributed by atoms with Gasteiger partial charge in [0.2, 0.25) is 0 Å². The van der Waals surface area contributed by atoms with E-state index in [4.69, 9.17) is 5.11 Å². The molecule has 0 spiro atoms. The Bertz CT molecular complexity index is 636. The number of rotatable bonds is 4. The van der Waals surface area contributed by atoms with Crippen LogP contribution in [0.4, 0.5) is 10.1 Å². The average molecular weight is 277 g/mol. The molecule has 0 fully saturated rings. The number of carboxylic acid groups (broad SMARTS) is 1. The van der Waals surface area contributed by atoms with Gasteiger partial charge in [-0.05, 0) is 29.4 Å². The van der Waals surface area contributed by atoms with Crippen LogP contribution in [0.3, 0.4) is 0 Å². The number of anilines is 1. The third kappa shape index (κ3) is 2.99. The van der Waals surface area contributed by atoms with E-state index in [2.05, 4.69) is 15.5 Å². The van der Waals surface area contributed by atoms with Gasteiger partial charge in [0.25, 0.3) is 5.91 Å². The molecule has 7 nitrogen and oxygen atoms in total. The van der Waals surface area contributed by atoms with Crippen molar-refractivity contribution >= 4 is 33.3 Å². The molecule has 0 bridgehead atoms. The Morgan fingerprint density at radius 3 is 2.37 bits per heavy atom. The highest BCUT2D eigenvalue weighted by molar-refractivity contribution is 7.19. The van der Waals surface area contributed by atoms with Crippen molar-refractivity contribution < 1.29 is 14.7 Å². The minimum absolute atomic E-state index is 0.0956. The summed E-state index contributed by atoms with van der Waals surface area (Å²) in [5.74, 6) is -1.50. The van der Waals surface area contributed by atoms with E-state index in [9.17, 15) is 14.5 Å². The molecular formula is C11H7N3O4S. The van der Waals surface area contributed by atoms with E-state index < -0.39 is 11.9 Å². The van der Waals surface area contributed by atoms with E-state index >= 15 is 0 Å². The number of aromatic nitrogens is 1. The Morgan fingerprint density at radius 1 is 1.21 bits per heavy atom. The van der Waals surface area contributed by atoms with Crippen LogP contribution >= 0.6 is 11.3 Å². The Kier molecular flexibility index (Phi) is 3.62. The van der Waals surface area contributed by atoms with Crippen LogP contribution in [-0.2, 0) is 0 Å². The summed E-state index contributed by atoms with van der Waals surface area (Å²) < 4.78 is 0. The number of aromatic carboxylic acids is 1. The van der Waals surface area contributed by atoms with Crippen molar-refractivity contribution in [2.24, 2.45) is 5.18 Å². The van der Waals surface area contributed by atoms with E-state index in [0.717, 1.165) is 11.3 Å². The minimum atomic E-state index is -1.06. The van der Waals surface area contributed by atoms with Crippen LogP contribution in [0.2, 0.25) is 0 Å². The summed E-state index contributed by atoms with van der Waals surface area (Å²) >= 11 is 0.948. The first-order valence-electron chi connectivity index (χ1n) is 5.04. The number of carbonyl (C=O) groups excluding carboxylic acids is 1. The van der Waals surface area contributed by atoms with E-state index in [1.807, 2.05) is 0 Å². The minimum Gasteiger partial charge on any atom is -0.478 e. The zero-order chi connectivity index (χ0) is 13.8. The fraction of sp³-hybridized carbons (Fsp3) is 0. The van der Waals surface area contributed by atoms with Crippen LogP contribution in [-0.4, -0.2) is 22.0 Å². The third-order valence-corrected chi connectivity index (χ3v) is 2.99. The predicted molar refractivity (Wildman–Crippen MR) is 68.9 cm³/mol. The van der Waals surface area contributed by atoms with Crippen molar-refractivity contribution in [1.29, 1.82) is 0 Å². The number of carboxylic acids is 1. The van der Waals surface area contributed by atoms with Crippen LogP contribution in [0.15, 0.2) is 35.6 Å². The summed E-state index contributed by atoms with van der Waals surface area (Å²) in [6, 6.07) is 5.45. The number of amides is 1. The van der Waals surface area contributed by atoms with E-state index in [0.29, 0.717) is 5.56 Å². The fourth-order valence-corrected chi connectivity index (χ4v) is 1.89. The van der Waals surface area contributed by atoms with Crippen LogP contribution in [0, 0.1) is 4.91 Å². The number of nitrogens with one attached hydrogen (secondary N) is 1. The lowest BCUT2D eigenvalue weighted by atomic mass is 10.1. The zero-order valence-electron chi connectivity index (χ0n) is 9.36. The van der Waals surface area contributed by atoms with Gasteiger partial charge in [-0.3, -0.25) is 10.1 Å². The highest BCUT2D eigenvalue weighted by atomic mass is 32.1. The van der Waals surface area contributed by atoms with Gasteiger partial charge in [0.05, 0.1) is 11.8 Å². The quantitative estimate of drug-likeness (QED) is 0.834. The summed E-state index contributed by atoms with van der Waals surface area (Å²) in [7, 11) is 0. The number of carbonyl (C=O) groups is 2. The van der Waals surface area contributed by atoms with Crippen molar-refractivity contribution in [3.05, 3.63) is 46.5 Å². The zero-order valence-corrected chi connectivity index (χ0v) is 10.2. The molecule has 8 heteroatoms. The van der Waals surface area contributed by atoms with Crippen molar-refractivity contribution in [3.63, 3.8) is 0 Å². The Balaban J connectivity index is 2.11. The Morgan fingerprint density at radius 2 is 1.84 bits per heavy atom. The predicted octanol–water partition coefficient (Wildman–Crippen LogP) is 2.49. The molecule has 0 saturated heterocycles. The first kappa shape index (κ1) is 12.8. The Labute approximate surface area is 110 Å². The van der Waals surface area contributed by atoms with Crippen LogP contribution in [0.25, 0.3) is 0 Å². The molecule has 1 amide bonds. The standard InChI is InChI=1S/C11H7N3O4S/c15-9(13-11-12-5-8(14-18)19-11)6-1-3-7(4-2-6)10(16)17/h1-5H,(H,16,17)(H,12,13,15). The average Bonchev–Trinajstić information content (AvgIpc) is 2.86. The monoisotopic (exact) mass is 277 g/mol. The molecule has 1 aromatic heterocycles. The number of thiazole rings is 1. The summed E-state index contributed by atoms with van der Waals surface area (Å²) in [4.78, 5) is 36.5. The third-order valence-electron chi connectivity index (χ3n) is 2.20. The first-order chi connectivity index (χ1) is 9.10. The highest BCUT2D eigenvalue weighted by Gasteiger charge is 2.10. The molecule has 1 aromatic carbocycles. The number of hydrogen-bond donors (Lipinski definition) is 2. The molecule has 1 heterocycles. The van der Waals surface area contributed by atoms with Crippen molar-refractivity contribution in [2.75, 3.05) is 5.32 Å². The molecule has 19 heavy (non-hydrogen) atoms. The van der Waals surface area contributed by atoms with Gasteiger partial charge in [-0.2, -0.15) is 0 Å². The lowest BCUT2D eigenvalue weighted by Crippen LogP contribution is -2.11. The van der Waals surface area contributed by atoms with Crippen molar-refractivity contribution in [1.82, 2.24) is 4.98 Å². The Hall–Kier alpha value is -2.61. The molecule has 0 aliphatic heterocycles. The smallest absolute Gasteiger partial charge is 0.335 e.